The molecule has 0 spiro atoms. The average molecular weight is 431 g/mol. The number of aromatic nitrogens is 2. The van der Waals surface area contributed by atoms with Gasteiger partial charge in [0.05, 0.1) is 13.2 Å². The summed E-state index contributed by atoms with van der Waals surface area (Å²) in [5.74, 6) is -0.0996. The Hall–Kier alpha value is -2.39. The van der Waals surface area contributed by atoms with Gasteiger partial charge in [-0.25, -0.2) is 0 Å². The van der Waals surface area contributed by atoms with E-state index in [-0.39, 0.29) is 42.4 Å². The third-order valence-electron chi connectivity index (χ3n) is 4.68. The molecule has 1 saturated heterocycles. The maximum Gasteiger partial charge on any atom is 0.387 e. The monoisotopic (exact) mass is 430 g/mol. The summed E-state index contributed by atoms with van der Waals surface area (Å²) in [6, 6.07) is 6.63. The molecule has 3 rings (SSSR count). The largest absolute Gasteiger partial charge is 0.493 e. The van der Waals surface area contributed by atoms with E-state index in [4.69, 9.17) is 4.74 Å². The molecule has 1 aliphatic rings. The van der Waals surface area contributed by atoms with Crippen LogP contribution in [0.5, 0.6) is 11.5 Å². The van der Waals surface area contributed by atoms with Crippen LogP contribution in [0.3, 0.4) is 0 Å². The van der Waals surface area contributed by atoms with E-state index in [9.17, 15) is 13.6 Å². The number of carbonyl (C=O) groups is 1. The molecule has 0 aliphatic carbocycles. The highest BCUT2D eigenvalue weighted by Gasteiger charge is 2.20. The zero-order valence-electron chi connectivity index (χ0n) is 16.3. The molecule has 1 aromatic carbocycles. The van der Waals surface area contributed by atoms with Crippen molar-refractivity contribution in [2.24, 2.45) is 0 Å². The van der Waals surface area contributed by atoms with Gasteiger partial charge in [-0.3, -0.25) is 9.48 Å². The smallest absolute Gasteiger partial charge is 0.387 e. The van der Waals surface area contributed by atoms with Gasteiger partial charge in [-0.05, 0) is 43.1 Å². The Kier molecular flexibility index (Phi) is 8.21. The molecule has 1 atom stereocenters. The minimum Gasteiger partial charge on any atom is -0.493 e. The standard InChI is InChI=1S/C19H24F2N4O3.ClH/c1-24(12-13-5-6-16(27-2)17(10-13)28-19(20)21)18(26)15-7-9-25(23-15)14-4-3-8-22-11-14;/h5-7,9-10,14,19,22H,3-4,8,11-12H2,1-2H3;1H. The first-order chi connectivity index (χ1) is 13.5. The zero-order chi connectivity index (χ0) is 20.1. The Labute approximate surface area is 174 Å². The van der Waals surface area contributed by atoms with E-state index in [2.05, 4.69) is 15.2 Å². The van der Waals surface area contributed by atoms with Crippen LogP contribution in [0.1, 0.15) is 34.9 Å². The summed E-state index contributed by atoms with van der Waals surface area (Å²) >= 11 is 0. The molecule has 29 heavy (non-hydrogen) atoms. The van der Waals surface area contributed by atoms with Gasteiger partial charge in [-0.2, -0.15) is 13.9 Å². The SMILES string of the molecule is COc1ccc(CN(C)C(=O)c2ccn(C3CCCNC3)n2)cc1OC(F)F.Cl. The van der Waals surface area contributed by atoms with Gasteiger partial charge in [0.1, 0.15) is 5.69 Å². The maximum atomic E-state index is 12.7. The molecular formula is C19H25ClF2N4O3. The van der Waals surface area contributed by atoms with E-state index in [1.54, 1.807) is 19.2 Å². The molecule has 0 bridgehead atoms. The summed E-state index contributed by atoms with van der Waals surface area (Å²) in [6.07, 6.45) is 3.92. The molecule has 1 N–H and O–H groups in total. The topological polar surface area (TPSA) is 68.6 Å². The van der Waals surface area contributed by atoms with Crippen LogP contribution < -0.4 is 14.8 Å². The quantitative estimate of drug-likeness (QED) is 0.731. The third-order valence-corrected chi connectivity index (χ3v) is 4.68. The van der Waals surface area contributed by atoms with Crippen molar-refractivity contribution in [3.8, 4) is 11.5 Å². The highest BCUT2D eigenvalue weighted by Crippen LogP contribution is 2.30. The molecule has 7 nitrogen and oxygen atoms in total. The summed E-state index contributed by atoms with van der Waals surface area (Å²) < 4.78 is 36.5. The lowest BCUT2D eigenvalue weighted by Crippen LogP contribution is -2.32. The number of hydrogen-bond donors (Lipinski definition) is 1. The number of alkyl halides is 2. The number of hydrogen-bond acceptors (Lipinski definition) is 5. The Morgan fingerprint density at radius 3 is 2.83 bits per heavy atom. The number of methoxy groups -OCH3 is 1. The van der Waals surface area contributed by atoms with Crippen molar-refractivity contribution in [2.45, 2.75) is 32.0 Å². The summed E-state index contributed by atoms with van der Waals surface area (Å²) in [5.41, 5.74) is 0.994. The second kappa shape index (κ2) is 10.4. The molecule has 1 aliphatic heterocycles. The fraction of sp³-hybridized carbons (Fsp3) is 0.474. The number of nitrogens with zero attached hydrogens (tertiary/aromatic N) is 3. The van der Waals surface area contributed by atoms with Crippen molar-refractivity contribution >= 4 is 18.3 Å². The van der Waals surface area contributed by atoms with E-state index >= 15 is 0 Å². The summed E-state index contributed by atoms with van der Waals surface area (Å²) in [7, 11) is 3.02. The van der Waals surface area contributed by atoms with Crippen LogP contribution in [-0.2, 0) is 6.54 Å². The van der Waals surface area contributed by atoms with Gasteiger partial charge >= 0.3 is 6.61 Å². The molecular weight excluding hydrogens is 406 g/mol. The van der Waals surface area contributed by atoms with Crippen LogP contribution in [0.4, 0.5) is 8.78 Å². The normalized spacial score (nSPS) is 16.2. The lowest BCUT2D eigenvalue weighted by atomic mass is 10.1. The Morgan fingerprint density at radius 1 is 1.38 bits per heavy atom. The number of nitrogens with one attached hydrogen (secondary N) is 1. The molecule has 2 heterocycles. The van der Waals surface area contributed by atoms with Gasteiger partial charge in [0, 0.05) is 26.3 Å². The van der Waals surface area contributed by atoms with Gasteiger partial charge in [-0.15, -0.1) is 12.4 Å². The number of halogens is 3. The molecule has 10 heteroatoms. The summed E-state index contributed by atoms with van der Waals surface area (Å²) in [6.45, 7) is -0.892. The van der Waals surface area contributed by atoms with Crippen molar-refractivity contribution in [1.82, 2.24) is 20.0 Å². The molecule has 2 aromatic rings. The number of amides is 1. The first-order valence-electron chi connectivity index (χ1n) is 9.11. The van der Waals surface area contributed by atoms with E-state index in [0.717, 1.165) is 25.9 Å². The fourth-order valence-electron chi connectivity index (χ4n) is 3.26. The molecule has 1 amide bonds. The summed E-state index contributed by atoms with van der Waals surface area (Å²) in [5, 5.41) is 7.75. The van der Waals surface area contributed by atoms with Gasteiger partial charge in [-0.1, -0.05) is 6.07 Å². The molecule has 1 fully saturated rings. The highest BCUT2D eigenvalue weighted by atomic mass is 35.5. The Bertz CT molecular complexity index is 813. The van der Waals surface area contributed by atoms with Gasteiger partial charge in [0.15, 0.2) is 11.5 Å². The van der Waals surface area contributed by atoms with Crippen molar-refractivity contribution in [3.05, 3.63) is 41.7 Å². The van der Waals surface area contributed by atoms with E-state index < -0.39 is 6.61 Å². The van der Waals surface area contributed by atoms with Crippen molar-refractivity contribution in [1.29, 1.82) is 0 Å². The first kappa shape index (κ1) is 22.9. The molecule has 1 unspecified atom stereocenters. The predicted molar refractivity (Wildman–Crippen MR) is 106 cm³/mol. The maximum absolute atomic E-state index is 12.7. The number of rotatable bonds is 7. The van der Waals surface area contributed by atoms with Crippen molar-refractivity contribution < 1.29 is 23.0 Å². The number of ether oxygens (including phenoxy) is 2. The number of benzene rings is 1. The molecule has 160 valence electrons. The van der Waals surface area contributed by atoms with Gasteiger partial charge < -0.3 is 19.7 Å². The average Bonchev–Trinajstić information content (AvgIpc) is 3.18. The number of carbonyl (C=O) groups excluding carboxylic acids is 1. The van der Waals surface area contributed by atoms with Crippen LogP contribution >= 0.6 is 12.4 Å². The van der Waals surface area contributed by atoms with Crippen LogP contribution in [0.25, 0.3) is 0 Å². The van der Waals surface area contributed by atoms with E-state index in [1.165, 1.54) is 24.1 Å². The fourth-order valence-corrected chi connectivity index (χ4v) is 3.26. The van der Waals surface area contributed by atoms with Gasteiger partial charge in [0.2, 0.25) is 0 Å². The Balaban J connectivity index is 0.00000300. The lowest BCUT2D eigenvalue weighted by molar-refractivity contribution is -0.0512. The van der Waals surface area contributed by atoms with Crippen molar-refractivity contribution in [2.75, 3.05) is 27.2 Å². The van der Waals surface area contributed by atoms with Gasteiger partial charge in [0.25, 0.3) is 5.91 Å². The van der Waals surface area contributed by atoms with E-state index in [1.807, 2.05) is 10.9 Å². The molecule has 1 aromatic heterocycles. The molecule has 0 radical (unpaired) electrons. The zero-order valence-corrected chi connectivity index (χ0v) is 17.1. The predicted octanol–water partition coefficient (Wildman–Crippen LogP) is 3.11. The van der Waals surface area contributed by atoms with Crippen LogP contribution in [0.2, 0.25) is 0 Å². The third kappa shape index (κ3) is 5.80. The number of piperidine rings is 1. The van der Waals surface area contributed by atoms with Crippen LogP contribution in [-0.4, -0.2) is 54.4 Å². The summed E-state index contributed by atoms with van der Waals surface area (Å²) in [4.78, 5) is 14.2. The first-order valence-corrected chi connectivity index (χ1v) is 9.11. The van der Waals surface area contributed by atoms with Crippen LogP contribution in [0.15, 0.2) is 30.5 Å². The highest BCUT2D eigenvalue weighted by molar-refractivity contribution is 5.92. The minimum atomic E-state index is -2.96. The van der Waals surface area contributed by atoms with E-state index in [0.29, 0.717) is 11.3 Å². The van der Waals surface area contributed by atoms with Crippen LogP contribution in [0, 0.1) is 0 Å². The minimum absolute atomic E-state index is 0. The Morgan fingerprint density at radius 2 is 2.17 bits per heavy atom. The molecule has 0 saturated carbocycles. The second-order valence-electron chi connectivity index (χ2n) is 6.71. The second-order valence-corrected chi connectivity index (χ2v) is 6.71. The van der Waals surface area contributed by atoms with Crippen molar-refractivity contribution in [3.63, 3.8) is 0 Å². The lowest BCUT2D eigenvalue weighted by Gasteiger charge is -2.23.